The molecule has 2 aromatic rings. The number of benzene rings is 1. The molecule has 0 unspecified atom stereocenters. The van der Waals surface area contributed by atoms with Crippen LogP contribution in [0.2, 0.25) is 0 Å². The molecule has 5 heteroatoms. The predicted molar refractivity (Wildman–Crippen MR) is 80.3 cm³/mol. The zero-order valence-electron chi connectivity index (χ0n) is 12.0. The zero-order chi connectivity index (χ0) is 14.5. The minimum Gasteiger partial charge on any atom is -0.497 e. The van der Waals surface area contributed by atoms with Crippen LogP contribution in [0.4, 0.5) is 11.5 Å². The van der Waals surface area contributed by atoms with E-state index in [1.807, 2.05) is 42.3 Å². The smallest absolute Gasteiger partial charge is 0.238 e. The molecule has 0 amide bonds. The van der Waals surface area contributed by atoms with Crippen LogP contribution in [0.25, 0.3) is 0 Å². The zero-order valence-corrected chi connectivity index (χ0v) is 12.0. The van der Waals surface area contributed by atoms with Crippen molar-refractivity contribution in [3.05, 3.63) is 42.0 Å². The van der Waals surface area contributed by atoms with Crippen LogP contribution in [0.15, 0.2) is 36.4 Å². The third-order valence-electron chi connectivity index (χ3n) is 3.01. The van der Waals surface area contributed by atoms with Crippen LogP contribution in [0, 0.1) is 0 Å². The van der Waals surface area contributed by atoms with Gasteiger partial charge in [-0.1, -0.05) is 12.1 Å². The van der Waals surface area contributed by atoms with Gasteiger partial charge in [-0.15, -0.1) is 0 Å². The molecule has 0 aliphatic carbocycles. The fourth-order valence-corrected chi connectivity index (χ4v) is 1.94. The van der Waals surface area contributed by atoms with Crippen molar-refractivity contribution in [2.75, 3.05) is 31.9 Å². The summed E-state index contributed by atoms with van der Waals surface area (Å²) in [7, 11) is 5.19. The summed E-state index contributed by atoms with van der Waals surface area (Å²) in [6.45, 7) is 0.720. The van der Waals surface area contributed by atoms with Crippen LogP contribution in [-0.4, -0.2) is 26.3 Å². The molecule has 0 saturated carbocycles. The highest BCUT2D eigenvalue weighted by Crippen LogP contribution is 2.23. The van der Waals surface area contributed by atoms with E-state index in [1.54, 1.807) is 20.3 Å². The molecule has 0 spiro atoms. The van der Waals surface area contributed by atoms with E-state index in [9.17, 15) is 0 Å². The Balaban J connectivity index is 2.16. The number of pyridine rings is 1. The topological polar surface area (TPSA) is 60.6 Å². The Kier molecular flexibility index (Phi) is 4.30. The quantitative estimate of drug-likeness (QED) is 0.906. The van der Waals surface area contributed by atoms with Crippen molar-refractivity contribution in [3.63, 3.8) is 0 Å². The lowest BCUT2D eigenvalue weighted by atomic mass is 10.2. The first-order valence-corrected chi connectivity index (χ1v) is 6.28. The minimum atomic E-state index is 0.444. The third kappa shape index (κ3) is 3.12. The van der Waals surface area contributed by atoms with Crippen LogP contribution in [0.1, 0.15) is 5.56 Å². The molecule has 0 aliphatic rings. The number of ether oxygens (including phenoxy) is 2. The summed E-state index contributed by atoms with van der Waals surface area (Å²) in [6.07, 6.45) is 0. The first-order valence-electron chi connectivity index (χ1n) is 6.28. The molecule has 2 rings (SSSR count). The fraction of sp³-hybridized carbons (Fsp3) is 0.267. The molecular formula is C15H19N3O2. The number of hydrogen-bond acceptors (Lipinski definition) is 5. The van der Waals surface area contributed by atoms with Gasteiger partial charge in [-0.05, 0) is 29.8 Å². The molecule has 2 N–H and O–H groups in total. The van der Waals surface area contributed by atoms with E-state index < -0.39 is 0 Å². The monoisotopic (exact) mass is 273 g/mol. The van der Waals surface area contributed by atoms with Crippen LogP contribution < -0.4 is 20.1 Å². The summed E-state index contributed by atoms with van der Waals surface area (Å²) >= 11 is 0. The van der Waals surface area contributed by atoms with Gasteiger partial charge in [0.2, 0.25) is 5.88 Å². The molecule has 1 aromatic heterocycles. The van der Waals surface area contributed by atoms with Crippen molar-refractivity contribution in [1.29, 1.82) is 0 Å². The maximum Gasteiger partial charge on any atom is 0.238 e. The number of nitrogen functional groups attached to an aromatic ring is 1. The largest absolute Gasteiger partial charge is 0.497 e. The van der Waals surface area contributed by atoms with Crippen molar-refractivity contribution < 1.29 is 9.47 Å². The van der Waals surface area contributed by atoms with Gasteiger partial charge in [0.05, 0.1) is 19.9 Å². The van der Waals surface area contributed by atoms with Crippen LogP contribution in [0.3, 0.4) is 0 Å². The highest BCUT2D eigenvalue weighted by atomic mass is 16.5. The summed E-state index contributed by atoms with van der Waals surface area (Å²) in [4.78, 5) is 6.40. The number of methoxy groups -OCH3 is 2. The van der Waals surface area contributed by atoms with Gasteiger partial charge in [0.25, 0.3) is 0 Å². The first-order chi connectivity index (χ1) is 9.63. The Morgan fingerprint density at radius 1 is 1.15 bits per heavy atom. The number of anilines is 2. The van der Waals surface area contributed by atoms with E-state index in [0.29, 0.717) is 11.6 Å². The Morgan fingerprint density at radius 2 is 1.95 bits per heavy atom. The van der Waals surface area contributed by atoms with Crippen LogP contribution >= 0.6 is 0 Å². The molecule has 106 valence electrons. The summed E-state index contributed by atoms with van der Waals surface area (Å²) < 4.78 is 10.4. The van der Waals surface area contributed by atoms with Gasteiger partial charge < -0.3 is 20.1 Å². The van der Waals surface area contributed by atoms with Crippen molar-refractivity contribution in [2.45, 2.75) is 6.54 Å². The molecule has 0 saturated heterocycles. The lowest BCUT2D eigenvalue weighted by Gasteiger charge is -2.19. The number of rotatable bonds is 5. The fourth-order valence-electron chi connectivity index (χ4n) is 1.94. The number of hydrogen-bond donors (Lipinski definition) is 1. The Hall–Kier alpha value is -2.43. The highest BCUT2D eigenvalue weighted by molar-refractivity contribution is 5.54. The lowest BCUT2D eigenvalue weighted by molar-refractivity contribution is 0.400. The summed E-state index contributed by atoms with van der Waals surface area (Å²) in [6, 6.07) is 11.6. The van der Waals surface area contributed by atoms with Crippen molar-refractivity contribution in [1.82, 2.24) is 4.98 Å². The highest BCUT2D eigenvalue weighted by Gasteiger charge is 2.08. The van der Waals surface area contributed by atoms with Gasteiger partial charge in [-0.25, -0.2) is 0 Å². The van der Waals surface area contributed by atoms with E-state index >= 15 is 0 Å². The van der Waals surface area contributed by atoms with Gasteiger partial charge in [-0.3, -0.25) is 0 Å². The van der Waals surface area contributed by atoms with Crippen molar-refractivity contribution in [3.8, 4) is 11.6 Å². The van der Waals surface area contributed by atoms with Gasteiger partial charge >= 0.3 is 0 Å². The second kappa shape index (κ2) is 6.14. The summed E-state index contributed by atoms with van der Waals surface area (Å²) in [5.74, 6) is 2.10. The van der Waals surface area contributed by atoms with Crippen molar-refractivity contribution in [2.24, 2.45) is 0 Å². The van der Waals surface area contributed by atoms with E-state index in [-0.39, 0.29) is 0 Å². The SMILES string of the molecule is COc1cccc(CN(C)c2ccc(N)c(OC)n2)c1. The Morgan fingerprint density at radius 3 is 2.65 bits per heavy atom. The number of nitrogens with two attached hydrogens (primary N) is 1. The second-order valence-electron chi connectivity index (χ2n) is 4.48. The minimum absolute atomic E-state index is 0.444. The van der Waals surface area contributed by atoms with Gasteiger partial charge in [0.1, 0.15) is 11.6 Å². The molecule has 0 radical (unpaired) electrons. The summed E-state index contributed by atoms with van der Waals surface area (Å²) in [5, 5.41) is 0. The Bertz CT molecular complexity index is 587. The third-order valence-corrected chi connectivity index (χ3v) is 3.01. The van der Waals surface area contributed by atoms with Crippen LogP contribution in [-0.2, 0) is 6.54 Å². The average Bonchev–Trinajstić information content (AvgIpc) is 2.47. The maximum atomic E-state index is 5.77. The molecule has 0 fully saturated rings. The number of nitrogens with zero attached hydrogens (tertiary/aromatic N) is 2. The van der Waals surface area contributed by atoms with E-state index in [2.05, 4.69) is 4.98 Å². The Labute approximate surface area is 118 Å². The van der Waals surface area contributed by atoms with E-state index in [4.69, 9.17) is 15.2 Å². The molecular weight excluding hydrogens is 254 g/mol. The molecule has 0 atom stereocenters. The second-order valence-corrected chi connectivity index (χ2v) is 4.48. The van der Waals surface area contributed by atoms with Gasteiger partial charge in [0, 0.05) is 13.6 Å². The van der Waals surface area contributed by atoms with Gasteiger partial charge in [-0.2, -0.15) is 4.98 Å². The lowest BCUT2D eigenvalue weighted by Crippen LogP contribution is -2.18. The van der Waals surface area contributed by atoms with Crippen LogP contribution in [0.5, 0.6) is 11.6 Å². The molecule has 0 bridgehead atoms. The standard InChI is InChI=1S/C15H19N3O2/c1-18(10-11-5-4-6-12(9-11)19-2)14-8-7-13(16)15(17-14)20-3/h4-9H,10,16H2,1-3H3. The number of aromatic nitrogens is 1. The van der Waals surface area contributed by atoms with E-state index in [1.165, 1.54) is 0 Å². The predicted octanol–water partition coefficient (Wildman–Crippen LogP) is 2.32. The van der Waals surface area contributed by atoms with Crippen molar-refractivity contribution >= 4 is 11.5 Å². The average molecular weight is 273 g/mol. The maximum absolute atomic E-state index is 5.77. The molecule has 0 aliphatic heterocycles. The van der Waals surface area contributed by atoms with E-state index in [0.717, 1.165) is 23.7 Å². The normalized spacial score (nSPS) is 10.2. The first kappa shape index (κ1) is 14.0. The molecule has 5 nitrogen and oxygen atoms in total. The summed E-state index contributed by atoms with van der Waals surface area (Å²) in [5.41, 5.74) is 7.44. The molecule has 1 aromatic carbocycles. The molecule has 20 heavy (non-hydrogen) atoms. The molecule has 1 heterocycles. The van der Waals surface area contributed by atoms with Gasteiger partial charge in [0.15, 0.2) is 0 Å².